The Kier molecular flexibility index (Phi) is 9.64. The van der Waals surface area contributed by atoms with E-state index >= 15 is 0 Å². The SMILES string of the molecule is COC=O.Cc1cccc(-c2ccc3ccc(Cl)c(N(C(=O)OC(C)(C)C)C(=O)OC(C)(C)C)c3c2)n1. The highest BCUT2D eigenvalue weighted by Crippen LogP contribution is 2.38. The predicted octanol–water partition coefficient (Wildman–Crippen LogP) is 7.33. The normalized spacial score (nSPS) is 11.2. The zero-order valence-corrected chi connectivity index (χ0v) is 23.2. The standard InChI is InChI=1S/C26H29ClN2O4.C2H4O2/c1-16-9-8-10-21(28-16)18-12-11-17-13-14-20(27)22(19(17)15-18)29(23(30)32-25(2,3)4)24(31)33-26(5,6)7;1-4-2-3/h8-15H,1-7H3;2H,1H3. The van der Waals surface area contributed by atoms with Crippen LogP contribution in [0.2, 0.25) is 5.02 Å². The van der Waals surface area contributed by atoms with Crippen molar-refractivity contribution >= 4 is 46.7 Å². The van der Waals surface area contributed by atoms with Gasteiger partial charge in [-0.25, -0.2) is 9.59 Å². The van der Waals surface area contributed by atoms with Crippen molar-refractivity contribution in [2.24, 2.45) is 0 Å². The average molecular weight is 529 g/mol. The molecule has 0 aliphatic rings. The number of aryl methyl sites for hydroxylation is 1. The predicted molar refractivity (Wildman–Crippen MR) is 145 cm³/mol. The van der Waals surface area contributed by atoms with Crippen molar-refractivity contribution in [3.63, 3.8) is 0 Å². The molecule has 37 heavy (non-hydrogen) atoms. The summed E-state index contributed by atoms with van der Waals surface area (Å²) in [4.78, 5) is 40.8. The van der Waals surface area contributed by atoms with Gasteiger partial charge in [0.2, 0.25) is 0 Å². The Morgan fingerprint density at radius 2 is 1.46 bits per heavy atom. The second-order valence-corrected chi connectivity index (χ2v) is 10.5. The molecule has 1 aromatic heterocycles. The fourth-order valence-corrected chi connectivity index (χ4v) is 3.49. The minimum absolute atomic E-state index is 0.201. The minimum Gasteiger partial charge on any atom is -0.471 e. The number of imide groups is 1. The summed E-state index contributed by atoms with van der Waals surface area (Å²) in [6.07, 6.45) is -1.74. The molecule has 0 saturated carbocycles. The first-order valence-electron chi connectivity index (χ1n) is 11.6. The smallest absolute Gasteiger partial charge is 0.424 e. The molecule has 0 unspecified atom stereocenters. The molecule has 0 atom stereocenters. The van der Waals surface area contributed by atoms with Gasteiger partial charge in [0.15, 0.2) is 0 Å². The molecule has 2 aromatic carbocycles. The Labute approximate surface area is 222 Å². The zero-order valence-electron chi connectivity index (χ0n) is 22.4. The van der Waals surface area contributed by atoms with Crippen molar-refractivity contribution in [1.82, 2.24) is 4.98 Å². The molecular weight excluding hydrogens is 496 g/mol. The van der Waals surface area contributed by atoms with Crippen LogP contribution in [0.1, 0.15) is 47.2 Å². The van der Waals surface area contributed by atoms with E-state index in [-0.39, 0.29) is 10.7 Å². The van der Waals surface area contributed by atoms with Gasteiger partial charge in [-0.1, -0.05) is 35.9 Å². The summed E-state index contributed by atoms with van der Waals surface area (Å²) < 4.78 is 14.9. The fraction of sp³-hybridized carbons (Fsp3) is 0.357. The molecule has 3 aromatic rings. The molecule has 3 rings (SSSR count). The molecule has 8 nitrogen and oxygen atoms in total. The quantitative estimate of drug-likeness (QED) is 0.259. The largest absolute Gasteiger partial charge is 0.471 e. The van der Waals surface area contributed by atoms with Gasteiger partial charge in [-0.3, -0.25) is 9.78 Å². The maximum Gasteiger partial charge on any atom is 0.424 e. The lowest BCUT2D eigenvalue weighted by molar-refractivity contribution is -0.126. The first kappa shape index (κ1) is 29.6. The third kappa shape index (κ3) is 8.46. The van der Waals surface area contributed by atoms with Crippen LogP contribution in [0.3, 0.4) is 0 Å². The number of ether oxygens (including phenoxy) is 3. The summed E-state index contributed by atoms with van der Waals surface area (Å²) in [5.74, 6) is 0. The molecule has 2 amide bonds. The second-order valence-electron chi connectivity index (χ2n) is 10.1. The van der Waals surface area contributed by atoms with E-state index in [1.165, 1.54) is 7.11 Å². The molecule has 0 radical (unpaired) electrons. The molecule has 0 spiro atoms. The van der Waals surface area contributed by atoms with Gasteiger partial charge in [0, 0.05) is 16.6 Å². The van der Waals surface area contributed by atoms with E-state index in [4.69, 9.17) is 25.9 Å². The third-order valence-electron chi connectivity index (χ3n) is 4.60. The van der Waals surface area contributed by atoms with Crippen LogP contribution in [0.15, 0.2) is 48.5 Å². The van der Waals surface area contributed by atoms with E-state index < -0.39 is 23.4 Å². The van der Waals surface area contributed by atoms with Crippen molar-refractivity contribution in [3.8, 4) is 11.3 Å². The molecule has 9 heteroatoms. The van der Waals surface area contributed by atoms with Gasteiger partial charge in [0.25, 0.3) is 6.47 Å². The van der Waals surface area contributed by atoms with Crippen molar-refractivity contribution in [2.45, 2.75) is 59.7 Å². The van der Waals surface area contributed by atoms with Crippen molar-refractivity contribution < 1.29 is 28.6 Å². The van der Waals surface area contributed by atoms with Crippen LogP contribution in [0.4, 0.5) is 15.3 Å². The number of pyridine rings is 1. The van der Waals surface area contributed by atoms with Gasteiger partial charge in [-0.2, -0.15) is 4.90 Å². The van der Waals surface area contributed by atoms with E-state index in [1.54, 1.807) is 47.6 Å². The monoisotopic (exact) mass is 528 g/mol. The first-order chi connectivity index (χ1) is 17.2. The van der Waals surface area contributed by atoms with Crippen molar-refractivity contribution in [1.29, 1.82) is 0 Å². The van der Waals surface area contributed by atoms with Gasteiger partial charge in [0.05, 0.1) is 23.5 Å². The van der Waals surface area contributed by atoms with Crippen molar-refractivity contribution in [3.05, 3.63) is 59.2 Å². The summed E-state index contributed by atoms with van der Waals surface area (Å²) in [6.45, 7) is 12.7. The molecular formula is C28H33ClN2O6. The van der Waals surface area contributed by atoms with Crippen LogP contribution in [0, 0.1) is 6.92 Å². The minimum atomic E-state index is -0.870. The Morgan fingerprint density at radius 3 is 1.95 bits per heavy atom. The molecule has 0 aliphatic carbocycles. The number of carbonyl (C=O) groups excluding carboxylic acids is 3. The maximum absolute atomic E-state index is 13.2. The van der Waals surface area contributed by atoms with Crippen molar-refractivity contribution in [2.75, 3.05) is 12.0 Å². The number of methoxy groups -OCH3 is 1. The molecule has 0 bridgehead atoms. The molecule has 0 saturated heterocycles. The molecule has 0 aliphatic heterocycles. The van der Waals surface area contributed by atoms with Gasteiger partial charge in [-0.05, 0) is 78.1 Å². The lowest BCUT2D eigenvalue weighted by Gasteiger charge is -2.29. The summed E-state index contributed by atoms with van der Waals surface area (Å²) in [5, 5.41) is 1.61. The number of halogens is 1. The average Bonchev–Trinajstić information content (AvgIpc) is 2.78. The number of benzene rings is 2. The van der Waals surface area contributed by atoms with E-state index in [2.05, 4.69) is 9.72 Å². The third-order valence-corrected chi connectivity index (χ3v) is 4.90. The van der Waals surface area contributed by atoms with E-state index in [0.29, 0.717) is 11.9 Å². The van der Waals surface area contributed by atoms with Crippen LogP contribution >= 0.6 is 11.6 Å². The molecule has 0 fully saturated rings. The van der Waals surface area contributed by atoms with Crippen LogP contribution in [-0.4, -0.2) is 42.0 Å². The lowest BCUT2D eigenvalue weighted by Crippen LogP contribution is -2.44. The number of hydrogen-bond acceptors (Lipinski definition) is 7. The number of rotatable bonds is 3. The van der Waals surface area contributed by atoms with E-state index in [0.717, 1.165) is 27.2 Å². The maximum atomic E-state index is 13.2. The number of nitrogens with zero attached hydrogens (tertiary/aromatic N) is 2. The summed E-state index contributed by atoms with van der Waals surface area (Å²) in [7, 11) is 1.31. The van der Waals surface area contributed by atoms with Gasteiger partial charge >= 0.3 is 12.2 Å². The number of amides is 2. The van der Waals surface area contributed by atoms with Gasteiger partial charge < -0.3 is 14.2 Å². The fourth-order valence-electron chi connectivity index (χ4n) is 3.24. The lowest BCUT2D eigenvalue weighted by atomic mass is 10.0. The number of fused-ring (bicyclic) bond motifs is 1. The number of aromatic nitrogens is 1. The Balaban J connectivity index is 0.00000112. The second kappa shape index (κ2) is 12.1. The Bertz CT molecular complexity index is 1250. The molecule has 198 valence electrons. The molecule has 0 N–H and O–H groups in total. The number of hydrogen-bond donors (Lipinski definition) is 0. The van der Waals surface area contributed by atoms with Crippen LogP contribution in [-0.2, 0) is 19.0 Å². The highest BCUT2D eigenvalue weighted by Gasteiger charge is 2.35. The van der Waals surface area contributed by atoms with Crippen LogP contribution in [0.5, 0.6) is 0 Å². The van der Waals surface area contributed by atoms with E-state index in [9.17, 15) is 9.59 Å². The number of carbonyl (C=O) groups is 3. The molecule has 1 heterocycles. The topological polar surface area (TPSA) is 95.0 Å². The van der Waals surface area contributed by atoms with Crippen LogP contribution in [0.25, 0.3) is 22.0 Å². The summed E-state index contributed by atoms with van der Waals surface area (Å²) >= 11 is 6.58. The van der Waals surface area contributed by atoms with Gasteiger partial charge in [-0.15, -0.1) is 0 Å². The number of anilines is 1. The zero-order chi connectivity index (χ0) is 28.0. The van der Waals surface area contributed by atoms with E-state index in [1.807, 2.05) is 49.4 Å². The highest BCUT2D eigenvalue weighted by atomic mass is 35.5. The first-order valence-corrected chi connectivity index (χ1v) is 11.9. The Hall–Kier alpha value is -3.65. The Morgan fingerprint density at radius 1 is 0.919 bits per heavy atom. The summed E-state index contributed by atoms with van der Waals surface area (Å²) in [6, 6.07) is 14.9. The van der Waals surface area contributed by atoms with Gasteiger partial charge in [0.1, 0.15) is 11.2 Å². The van der Waals surface area contributed by atoms with Crippen LogP contribution < -0.4 is 4.90 Å². The highest BCUT2D eigenvalue weighted by molar-refractivity contribution is 6.37. The summed E-state index contributed by atoms with van der Waals surface area (Å²) in [5.41, 5.74) is 1.01.